The molecule has 20 heavy (non-hydrogen) atoms. The molecule has 3 rings (SSSR count). The molecule has 6 nitrogen and oxygen atoms in total. The number of fused-ring (bicyclic) bond motifs is 1. The first-order chi connectivity index (χ1) is 9.78. The zero-order chi connectivity index (χ0) is 13.9. The van der Waals surface area contributed by atoms with E-state index in [0.717, 1.165) is 6.42 Å². The first-order valence-electron chi connectivity index (χ1n) is 6.74. The maximum absolute atomic E-state index is 12.0. The summed E-state index contributed by atoms with van der Waals surface area (Å²) in [5.74, 6) is 0.229. The molecule has 0 fully saturated rings. The van der Waals surface area contributed by atoms with Gasteiger partial charge >= 0.3 is 0 Å². The summed E-state index contributed by atoms with van der Waals surface area (Å²) < 4.78 is 1.58. The van der Waals surface area contributed by atoms with Crippen LogP contribution in [-0.2, 0) is 13.0 Å². The molecule has 0 aliphatic heterocycles. The number of benzene rings is 1. The largest absolute Gasteiger partial charge is 0.350 e. The molecule has 0 radical (unpaired) electrons. The number of amides is 1. The van der Waals surface area contributed by atoms with E-state index in [4.69, 9.17) is 5.73 Å². The second-order valence-electron chi connectivity index (χ2n) is 4.97. The lowest BCUT2D eigenvalue weighted by molar-refractivity contribution is 0.0945. The Kier molecular flexibility index (Phi) is 3.47. The van der Waals surface area contributed by atoms with E-state index in [1.807, 2.05) is 12.1 Å². The van der Waals surface area contributed by atoms with Gasteiger partial charge in [-0.3, -0.25) is 9.48 Å². The predicted molar refractivity (Wildman–Crippen MR) is 74.3 cm³/mol. The first-order valence-corrected chi connectivity index (χ1v) is 6.74. The van der Waals surface area contributed by atoms with Crippen molar-refractivity contribution in [1.29, 1.82) is 0 Å². The summed E-state index contributed by atoms with van der Waals surface area (Å²) in [6.07, 6.45) is 2.65. The molecule has 1 aromatic heterocycles. The van der Waals surface area contributed by atoms with Crippen LogP contribution >= 0.6 is 0 Å². The van der Waals surface area contributed by atoms with E-state index < -0.39 is 0 Å². The molecule has 1 aliphatic rings. The van der Waals surface area contributed by atoms with Crippen LogP contribution in [0, 0.1) is 0 Å². The molecule has 0 spiro atoms. The average molecular weight is 271 g/mol. The maximum atomic E-state index is 12.0. The highest BCUT2D eigenvalue weighted by Crippen LogP contribution is 2.33. The van der Waals surface area contributed by atoms with Crippen molar-refractivity contribution in [2.24, 2.45) is 5.73 Å². The highest BCUT2D eigenvalue weighted by atomic mass is 16.2. The minimum absolute atomic E-state index is 0.183. The highest BCUT2D eigenvalue weighted by molar-refractivity contribution is 5.91. The number of nitrogens with one attached hydrogen (secondary N) is 1. The fourth-order valence-corrected chi connectivity index (χ4v) is 2.50. The van der Waals surface area contributed by atoms with Gasteiger partial charge in [-0.1, -0.05) is 29.5 Å². The van der Waals surface area contributed by atoms with E-state index in [1.54, 1.807) is 10.9 Å². The van der Waals surface area contributed by atoms with Crippen molar-refractivity contribution in [2.75, 3.05) is 13.1 Å². The Morgan fingerprint density at radius 3 is 3.10 bits per heavy atom. The Balaban J connectivity index is 1.55. The number of nitrogens with two attached hydrogens (primary N) is 1. The molecule has 1 aromatic carbocycles. The normalized spacial score (nSPS) is 16.4. The molecule has 0 saturated heterocycles. The Morgan fingerprint density at radius 1 is 1.45 bits per heavy atom. The van der Waals surface area contributed by atoms with Crippen LogP contribution in [0.15, 0.2) is 30.5 Å². The summed E-state index contributed by atoms with van der Waals surface area (Å²) in [6, 6.07) is 8.33. The number of aromatic nitrogens is 3. The number of nitrogens with zero attached hydrogens (tertiary/aromatic N) is 3. The summed E-state index contributed by atoms with van der Waals surface area (Å²) >= 11 is 0. The van der Waals surface area contributed by atoms with Crippen molar-refractivity contribution in [3.05, 3.63) is 47.3 Å². The van der Waals surface area contributed by atoms with Gasteiger partial charge in [0.25, 0.3) is 5.91 Å². The van der Waals surface area contributed by atoms with Crippen LogP contribution < -0.4 is 11.1 Å². The Labute approximate surface area is 117 Å². The van der Waals surface area contributed by atoms with Crippen molar-refractivity contribution in [3.8, 4) is 0 Å². The fourth-order valence-electron chi connectivity index (χ4n) is 2.50. The van der Waals surface area contributed by atoms with Gasteiger partial charge in [-0.2, -0.15) is 0 Å². The van der Waals surface area contributed by atoms with Gasteiger partial charge in [-0.15, -0.1) is 5.10 Å². The molecule has 104 valence electrons. The monoisotopic (exact) mass is 271 g/mol. The van der Waals surface area contributed by atoms with Gasteiger partial charge in [-0.05, 0) is 17.5 Å². The van der Waals surface area contributed by atoms with E-state index in [9.17, 15) is 4.79 Å². The zero-order valence-electron chi connectivity index (χ0n) is 11.1. The number of rotatable bonds is 5. The summed E-state index contributed by atoms with van der Waals surface area (Å²) in [5.41, 5.74) is 8.47. The number of hydrogen-bond donors (Lipinski definition) is 2. The number of hydrogen-bond acceptors (Lipinski definition) is 4. The van der Waals surface area contributed by atoms with Crippen LogP contribution in [0.25, 0.3) is 0 Å². The van der Waals surface area contributed by atoms with Crippen LogP contribution in [0.5, 0.6) is 0 Å². The Morgan fingerprint density at radius 2 is 2.30 bits per heavy atom. The topological polar surface area (TPSA) is 85.8 Å². The molecular weight excluding hydrogens is 254 g/mol. The summed E-state index contributed by atoms with van der Waals surface area (Å²) in [6.45, 7) is 1.68. The van der Waals surface area contributed by atoms with Gasteiger partial charge in [-0.25, -0.2) is 0 Å². The number of carbonyl (C=O) groups excluding carboxylic acids is 1. The molecule has 1 heterocycles. The van der Waals surface area contributed by atoms with Gasteiger partial charge in [0.2, 0.25) is 0 Å². The van der Waals surface area contributed by atoms with Gasteiger partial charge in [0.15, 0.2) is 5.69 Å². The zero-order valence-corrected chi connectivity index (χ0v) is 11.1. The second kappa shape index (κ2) is 5.42. The molecular formula is C14H17N5O. The standard InChI is InChI=1S/C14H17N5O/c15-5-6-19-9-13(17-18-19)14(20)16-8-11-7-10-3-1-2-4-12(10)11/h1-4,9,11H,5-8,15H2,(H,16,20). The van der Waals surface area contributed by atoms with E-state index in [-0.39, 0.29) is 5.91 Å². The third-order valence-corrected chi connectivity index (χ3v) is 3.60. The minimum atomic E-state index is -0.183. The van der Waals surface area contributed by atoms with Gasteiger partial charge in [0.1, 0.15) is 0 Å². The van der Waals surface area contributed by atoms with E-state index in [2.05, 4.69) is 27.8 Å². The lowest BCUT2D eigenvalue weighted by atomic mass is 9.77. The minimum Gasteiger partial charge on any atom is -0.350 e. The molecule has 3 N–H and O–H groups in total. The first kappa shape index (κ1) is 12.8. The Bertz CT molecular complexity index is 622. The average Bonchev–Trinajstić information content (AvgIpc) is 2.89. The highest BCUT2D eigenvalue weighted by Gasteiger charge is 2.25. The molecule has 6 heteroatoms. The molecule has 1 aliphatic carbocycles. The number of carbonyl (C=O) groups is 1. The van der Waals surface area contributed by atoms with E-state index >= 15 is 0 Å². The quantitative estimate of drug-likeness (QED) is 0.819. The van der Waals surface area contributed by atoms with Crippen LogP contribution in [0.4, 0.5) is 0 Å². The van der Waals surface area contributed by atoms with Gasteiger partial charge in [0.05, 0.1) is 12.7 Å². The molecule has 0 saturated carbocycles. The fraction of sp³-hybridized carbons (Fsp3) is 0.357. The summed E-state index contributed by atoms with van der Waals surface area (Å²) in [4.78, 5) is 12.0. The predicted octanol–water partition coefficient (Wildman–Crippen LogP) is 0.306. The lowest BCUT2D eigenvalue weighted by Gasteiger charge is -2.30. The van der Waals surface area contributed by atoms with Crippen LogP contribution in [-0.4, -0.2) is 34.0 Å². The lowest BCUT2D eigenvalue weighted by Crippen LogP contribution is -2.33. The van der Waals surface area contributed by atoms with Crippen molar-refractivity contribution in [2.45, 2.75) is 18.9 Å². The van der Waals surface area contributed by atoms with Crippen molar-refractivity contribution in [1.82, 2.24) is 20.3 Å². The molecule has 1 amide bonds. The van der Waals surface area contributed by atoms with Crippen molar-refractivity contribution < 1.29 is 4.79 Å². The van der Waals surface area contributed by atoms with Crippen LogP contribution in [0.3, 0.4) is 0 Å². The summed E-state index contributed by atoms with van der Waals surface area (Å²) in [7, 11) is 0. The third-order valence-electron chi connectivity index (χ3n) is 3.60. The van der Waals surface area contributed by atoms with E-state index in [1.165, 1.54) is 11.1 Å². The second-order valence-corrected chi connectivity index (χ2v) is 4.97. The molecule has 2 aromatic rings. The van der Waals surface area contributed by atoms with Crippen LogP contribution in [0.2, 0.25) is 0 Å². The van der Waals surface area contributed by atoms with Crippen LogP contribution in [0.1, 0.15) is 27.5 Å². The molecule has 1 unspecified atom stereocenters. The summed E-state index contributed by atoms with van der Waals surface area (Å²) in [5, 5.41) is 10.6. The molecule has 0 bridgehead atoms. The maximum Gasteiger partial charge on any atom is 0.273 e. The third kappa shape index (κ3) is 2.42. The van der Waals surface area contributed by atoms with Gasteiger partial charge < -0.3 is 11.1 Å². The van der Waals surface area contributed by atoms with E-state index in [0.29, 0.717) is 31.2 Å². The van der Waals surface area contributed by atoms with Crippen molar-refractivity contribution >= 4 is 5.91 Å². The van der Waals surface area contributed by atoms with Crippen molar-refractivity contribution in [3.63, 3.8) is 0 Å². The smallest absolute Gasteiger partial charge is 0.273 e. The van der Waals surface area contributed by atoms with Gasteiger partial charge in [0, 0.05) is 19.0 Å². The Hall–Kier alpha value is -2.21. The SMILES string of the molecule is NCCn1cc(C(=O)NCC2Cc3ccccc32)nn1. The molecule has 1 atom stereocenters.